The lowest BCUT2D eigenvalue weighted by atomic mass is 10.0. The maximum Gasteiger partial charge on any atom is 0.118 e. The quantitative estimate of drug-likeness (QED) is 0.877. The molecule has 0 saturated carbocycles. The van der Waals surface area contributed by atoms with Crippen LogP contribution in [0, 0.1) is 0 Å². The first-order chi connectivity index (χ1) is 9.78. The van der Waals surface area contributed by atoms with E-state index in [0.717, 1.165) is 22.6 Å². The van der Waals surface area contributed by atoms with Crippen LogP contribution in [0.3, 0.4) is 0 Å². The third kappa shape index (κ3) is 2.40. The molecule has 0 amide bonds. The van der Waals surface area contributed by atoms with E-state index in [1.54, 1.807) is 7.11 Å². The average Bonchev–Trinajstić information content (AvgIpc) is 2.67. The first-order valence-corrected chi connectivity index (χ1v) is 6.64. The second kappa shape index (κ2) is 5.39. The number of benzene rings is 2. The molecule has 0 aromatic heterocycles. The lowest BCUT2D eigenvalue weighted by Gasteiger charge is -2.22. The van der Waals surface area contributed by atoms with Crippen LogP contribution in [0.15, 0.2) is 54.6 Å². The van der Waals surface area contributed by atoms with Gasteiger partial charge in [-0.05, 0) is 29.3 Å². The van der Waals surface area contributed by atoms with Crippen molar-refractivity contribution in [3.05, 3.63) is 65.7 Å². The van der Waals surface area contributed by atoms with Crippen molar-refractivity contribution >= 4 is 11.8 Å². The fourth-order valence-electron chi connectivity index (χ4n) is 2.43. The lowest BCUT2D eigenvalue weighted by Crippen LogP contribution is -2.22. The minimum absolute atomic E-state index is 0.166. The number of anilines is 1. The predicted octanol–water partition coefficient (Wildman–Crippen LogP) is 3.24. The fraction of sp³-hybridized carbons (Fsp3) is 0.176. The molecule has 0 spiro atoms. The van der Waals surface area contributed by atoms with Crippen LogP contribution in [0.4, 0.5) is 5.69 Å². The first kappa shape index (κ1) is 12.8. The Morgan fingerprint density at radius 3 is 2.55 bits per heavy atom. The maximum atomic E-state index is 10.3. The van der Waals surface area contributed by atoms with Crippen molar-refractivity contribution in [2.75, 3.05) is 12.4 Å². The zero-order valence-corrected chi connectivity index (χ0v) is 11.3. The van der Waals surface area contributed by atoms with Crippen LogP contribution in [0.25, 0.3) is 6.08 Å². The smallest absolute Gasteiger partial charge is 0.118 e. The Kier molecular flexibility index (Phi) is 3.44. The number of para-hydroxylation sites is 1. The van der Waals surface area contributed by atoms with E-state index in [4.69, 9.17) is 4.74 Å². The molecule has 0 saturated heterocycles. The van der Waals surface area contributed by atoms with Crippen LogP contribution in [0.1, 0.15) is 17.2 Å². The summed E-state index contributed by atoms with van der Waals surface area (Å²) in [7, 11) is 1.65. The second-order valence-electron chi connectivity index (χ2n) is 4.83. The molecule has 0 unspecified atom stereocenters. The van der Waals surface area contributed by atoms with E-state index >= 15 is 0 Å². The van der Waals surface area contributed by atoms with E-state index in [2.05, 4.69) is 5.32 Å². The first-order valence-electron chi connectivity index (χ1n) is 6.64. The standard InChI is InChI=1S/C17H17NO2/c1-20-14-9-6-13(7-10-14)17-16(19)11-8-12-4-2-3-5-15(12)18-17/h2-11,16-19H,1H3/t16-,17-/m0/s1. The number of methoxy groups -OCH3 is 1. The molecule has 2 aromatic carbocycles. The molecule has 3 nitrogen and oxygen atoms in total. The van der Waals surface area contributed by atoms with Gasteiger partial charge in [0.2, 0.25) is 0 Å². The molecule has 2 N–H and O–H groups in total. The van der Waals surface area contributed by atoms with Gasteiger partial charge in [0.25, 0.3) is 0 Å². The zero-order valence-electron chi connectivity index (χ0n) is 11.3. The van der Waals surface area contributed by atoms with Crippen molar-refractivity contribution in [2.45, 2.75) is 12.1 Å². The number of hydrogen-bond acceptors (Lipinski definition) is 3. The van der Waals surface area contributed by atoms with E-state index in [1.165, 1.54) is 0 Å². The van der Waals surface area contributed by atoms with Crippen molar-refractivity contribution in [3.8, 4) is 5.75 Å². The Hall–Kier alpha value is -2.26. The van der Waals surface area contributed by atoms with Gasteiger partial charge in [0.1, 0.15) is 5.75 Å². The Balaban J connectivity index is 1.94. The van der Waals surface area contributed by atoms with Gasteiger partial charge in [-0.2, -0.15) is 0 Å². The Bertz CT molecular complexity index is 619. The monoisotopic (exact) mass is 267 g/mol. The molecule has 1 heterocycles. The summed E-state index contributed by atoms with van der Waals surface area (Å²) in [6, 6.07) is 15.6. The second-order valence-corrected chi connectivity index (χ2v) is 4.83. The van der Waals surface area contributed by atoms with Crippen LogP contribution >= 0.6 is 0 Å². The van der Waals surface area contributed by atoms with Gasteiger partial charge in [0.15, 0.2) is 0 Å². The number of hydrogen-bond donors (Lipinski definition) is 2. The van der Waals surface area contributed by atoms with Crippen LogP contribution in [0.5, 0.6) is 5.75 Å². The van der Waals surface area contributed by atoms with E-state index in [0.29, 0.717) is 0 Å². The van der Waals surface area contributed by atoms with E-state index in [1.807, 2.05) is 60.7 Å². The summed E-state index contributed by atoms with van der Waals surface area (Å²) in [6.07, 6.45) is 3.21. The fourth-order valence-corrected chi connectivity index (χ4v) is 2.43. The molecule has 0 bridgehead atoms. The molecule has 1 aliphatic rings. The molecule has 20 heavy (non-hydrogen) atoms. The number of aliphatic hydroxyl groups is 1. The van der Waals surface area contributed by atoms with Crippen molar-refractivity contribution in [1.82, 2.24) is 0 Å². The van der Waals surface area contributed by atoms with E-state index < -0.39 is 6.10 Å². The number of ether oxygens (including phenoxy) is 1. The van der Waals surface area contributed by atoms with Gasteiger partial charge < -0.3 is 15.2 Å². The van der Waals surface area contributed by atoms with Crippen LogP contribution in [0.2, 0.25) is 0 Å². The van der Waals surface area contributed by atoms with Crippen molar-refractivity contribution < 1.29 is 9.84 Å². The lowest BCUT2D eigenvalue weighted by molar-refractivity contribution is 0.201. The minimum atomic E-state index is -0.573. The number of fused-ring (bicyclic) bond motifs is 1. The van der Waals surface area contributed by atoms with Gasteiger partial charge in [-0.3, -0.25) is 0 Å². The Morgan fingerprint density at radius 1 is 1.05 bits per heavy atom. The number of aliphatic hydroxyl groups excluding tert-OH is 1. The van der Waals surface area contributed by atoms with Gasteiger partial charge in [-0.1, -0.05) is 42.5 Å². The van der Waals surface area contributed by atoms with Gasteiger partial charge in [-0.25, -0.2) is 0 Å². The summed E-state index contributed by atoms with van der Waals surface area (Å²) in [5.41, 5.74) is 3.14. The molecule has 0 radical (unpaired) electrons. The molecule has 3 heteroatoms. The van der Waals surface area contributed by atoms with Crippen molar-refractivity contribution in [2.24, 2.45) is 0 Å². The number of nitrogens with one attached hydrogen (secondary N) is 1. The maximum absolute atomic E-state index is 10.3. The summed E-state index contributed by atoms with van der Waals surface area (Å²) >= 11 is 0. The summed E-state index contributed by atoms with van der Waals surface area (Å²) in [6.45, 7) is 0. The highest BCUT2D eigenvalue weighted by molar-refractivity contribution is 5.69. The van der Waals surface area contributed by atoms with Gasteiger partial charge in [0, 0.05) is 5.69 Å². The normalized spacial score (nSPS) is 20.7. The van der Waals surface area contributed by atoms with Crippen LogP contribution < -0.4 is 10.1 Å². The molecule has 2 aromatic rings. The van der Waals surface area contributed by atoms with Gasteiger partial charge in [-0.15, -0.1) is 0 Å². The molecule has 0 fully saturated rings. The van der Waals surface area contributed by atoms with Gasteiger partial charge >= 0.3 is 0 Å². The van der Waals surface area contributed by atoms with Crippen LogP contribution in [-0.4, -0.2) is 18.3 Å². The molecule has 3 rings (SSSR count). The molecular weight excluding hydrogens is 250 g/mol. The predicted molar refractivity (Wildman–Crippen MR) is 80.8 cm³/mol. The highest BCUT2D eigenvalue weighted by atomic mass is 16.5. The van der Waals surface area contributed by atoms with Crippen molar-refractivity contribution in [3.63, 3.8) is 0 Å². The molecule has 102 valence electrons. The highest BCUT2D eigenvalue weighted by Crippen LogP contribution is 2.30. The van der Waals surface area contributed by atoms with E-state index in [-0.39, 0.29) is 6.04 Å². The molecular formula is C17H17NO2. The minimum Gasteiger partial charge on any atom is -0.497 e. The molecule has 1 aliphatic heterocycles. The summed E-state index contributed by atoms with van der Waals surface area (Å²) in [4.78, 5) is 0. The Labute approximate surface area is 118 Å². The zero-order chi connectivity index (χ0) is 13.9. The summed E-state index contributed by atoms with van der Waals surface area (Å²) in [5.74, 6) is 0.813. The van der Waals surface area contributed by atoms with Crippen molar-refractivity contribution in [1.29, 1.82) is 0 Å². The molecule has 0 aliphatic carbocycles. The third-order valence-electron chi connectivity index (χ3n) is 3.56. The average molecular weight is 267 g/mol. The highest BCUT2D eigenvalue weighted by Gasteiger charge is 2.22. The van der Waals surface area contributed by atoms with Gasteiger partial charge in [0.05, 0.1) is 19.3 Å². The number of rotatable bonds is 2. The SMILES string of the molecule is COc1ccc([C@@H]2Nc3ccccc3C=C[C@@H]2O)cc1. The summed E-state index contributed by atoms with van der Waals surface area (Å²) < 4.78 is 5.17. The molecule has 2 atom stereocenters. The third-order valence-corrected chi connectivity index (χ3v) is 3.56. The van der Waals surface area contributed by atoms with Crippen LogP contribution in [-0.2, 0) is 0 Å². The summed E-state index contributed by atoms with van der Waals surface area (Å²) in [5, 5.41) is 13.7. The Morgan fingerprint density at radius 2 is 1.80 bits per heavy atom. The van der Waals surface area contributed by atoms with E-state index in [9.17, 15) is 5.11 Å². The topological polar surface area (TPSA) is 41.5 Å². The largest absolute Gasteiger partial charge is 0.497 e.